The van der Waals surface area contributed by atoms with Gasteiger partial charge in [-0.2, -0.15) is 13.2 Å². The maximum Gasteiger partial charge on any atom is 0.416 e. The molecule has 0 saturated heterocycles. The molecule has 5 rings (SSSR count). The van der Waals surface area contributed by atoms with Gasteiger partial charge in [0.05, 0.1) is 35.8 Å². The second-order valence-electron chi connectivity index (χ2n) is 9.28. The van der Waals surface area contributed by atoms with Crippen LogP contribution in [0.15, 0.2) is 69.9 Å². The number of nitrogens with zero attached hydrogens (tertiary/aromatic N) is 1. The number of ether oxygens (including phenoxy) is 2. The SMILES string of the molecule is CCCCOc1ccc(C2c3c(oc4ccc(Cl)cc4c3=O)C(=O)N2c2cccc(C(F)(F)F)c2)cc1OCC. The molecule has 208 valence electrons. The first-order chi connectivity index (χ1) is 19.1. The standard InChI is InChI=1S/C30H25ClF3NO5/c1-3-5-13-39-23-11-9-17(14-24(23)38-4-2)26-25-27(36)21-16-19(31)10-12-22(21)40-28(25)29(37)35(26)20-8-6-7-18(15-20)30(32,33)34/h6-12,14-16,26H,3-5,13H2,1-2H3. The fourth-order valence-corrected chi connectivity index (χ4v) is 4.94. The first kappa shape index (κ1) is 27.6. The van der Waals surface area contributed by atoms with Crippen molar-refractivity contribution in [3.63, 3.8) is 0 Å². The van der Waals surface area contributed by atoms with E-state index in [1.54, 1.807) is 25.1 Å². The predicted molar refractivity (Wildman–Crippen MR) is 146 cm³/mol. The average molecular weight is 572 g/mol. The highest BCUT2D eigenvalue weighted by molar-refractivity contribution is 6.31. The molecule has 1 aliphatic heterocycles. The Morgan fingerprint density at radius 1 is 0.975 bits per heavy atom. The van der Waals surface area contributed by atoms with E-state index in [1.807, 2.05) is 6.92 Å². The van der Waals surface area contributed by atoms with Crippen LogP contribution in [0.1, 0.15) is 60.0 Å². The molecule has 3 aromatic carbocycles. The van der Waals surface area contributed by atoms with Crippen LogP contribution in [0, 0.1) is 0 Å². The number of hydrogen-bond acceptors (Lipinski definition) is 5. The Balaban J connectivity index is 1.73. The quantitative estimate of drug-likeness (QED) is 0.202. The molecule has 1 aromatic heterocycles. The number of carbonyl (C=O) groups is 1. The number of unbranched alkanes of at least 4 members (excludes halogenated alkanes) is 1. The molecule has 6 nitrogen and oxygen atoms in total. The number of fused-ring (bicyclic) bond motifs is 2. The molecule has 0 saturated carbocycles. The number of carbonyl (C=O) groups excluding carboxylic acids is 1. The highest BCUT2D eigenvalue weighted by Crippen LogP contribution is 2.44. The van der Waals surface area contributed by atoms with Gasteiger partial charge in [0.2, 0.25) is 5.76 Å². The van der Waals surface area contributed by atoms with Gasteiger partial charge in [-0.1, -0.05) is 37.1 Å². The molecule has 1 aliphatic rings. The van der Waals surface area contributed by atoms with Crippen molar-refractivity contribution in [2.24, 2.45) is 0 Å². The summed E-state index contributed by atoms with van der Waals surface area (Å²) < 4.78 is 58.4. The van der Waals surface area contributed by atoms with Crippen molar-refractivity contribution in [3.05, 3.63) is 98.4 Å². The van der Waals surface area contributed by atoms with Gasteiger partial charge in [0, 0.05) is 10.7 Å². The van der Waals surface area contributed by atoms with E-state index in [0.717, 1.165) is 29.9 Å². The van der Waals surface area contributed by atoms with Crippen molar-refractivity contribution in [3.8, 4) is 11.5 Å². The van der Waals surface area contributed by atoms with Gasteiger partial charge in [0.15, 0.2) is 16.9 Å². The molecular formula is C30H25ClF3NO5. The number of hydrogen-bond donors (Lipinski definition) is 0. The molecule has 1 amide bonds. The first-order valence-electron chi connectivity index (χ1n) is 12.8. The van der Waals surface area contributed by atoms with Gasteiger partial charge in [-0.15, -0.1) is 0 Å². The van der Waals surface area contributed by atoms with Crippen molar-refractivity contribution >= 4 is 34.2 Å². The zero-order valence-corrected chi connectivity index (χ0v) is 22.4. The molecule has 40 heavy (non-hydrogen) atoms. The molecule has 0 fully saturated rings. The molecule has 10 heteroatoms. The van der Waals surface area contributed by atoms with Crippen LogP contribution in [0.5, 0.6) is 11.5 Å². The molecule has 2 heterocycles. The smallest absolute Gasteiger partial charge is 0.416 e. The lowest BCUT2D eigenvalue weighted by Gasteiger charge is -2.26. The second-order valence-corrected chi connectivity index (χ2v) is 9.72. The molecule has 0 radical (unpaired) electrons. The van der Waals surface area contributed by atoms with Gasteiger partial charge in [0.25, 0.3) is 5.91 Å². The maximum absolute atomic E-state index is 13.8. The van der Waals surface area contributed by atoms with Crippen LogP contribution in [-0.2, 0) is 6.18 Å². The molecule has 0 bridgehead atoms. The van der Waals surface area contributed by atoms with E-state index >= 15 is 0 Å². The summed E-state index contributed by atoms with van der Waals surface area (Å²) in [5, 5.41) is 0.446. The molecular weight excluding hydrogens is 547 g/mol. The highest BCUT2D eigenvalue weighted by atomic mass is 35.5. The van der Waals surface area contributed by atoms with Gasteiger partial charge >= 0.3 is 6.18 Å². The third-order valence-electron chi connectivity index (χ3n) is 6.62. The van der Waals surface area contributed by atoms with Gasteiger partial charge in [0.1, 0.15) is 5.58 Å². The zero-order valence-electron chi connectivity index (χ0n) is 21.7. The van der Waals surface area contributed by atoms with Crippen molar-refractivity contribution < 1.29 is 31.9 Å². The third kappa shape index (κ3) is 5.01. The summed E-state index contributed by atoms with van der Waals surface area (Å²) in [5.41, 5.74) is -0.908. The van der Waals surface area contributed by atoms with Crippen LogP contribution >= 0.6 is 11.6 Å². The second kappa shape index (κ2) is 10.9. The number of alkyl halides is 3. The van der Waals surface area contributed by atoms with Gasteiger partial charge < -0.3 is 13.9 Å². The summed E-state index contributed by atoms with van der Waals surface area (Å²) >= 11 is 6.14. The van der Waals surface area contributed by atoms with Crippen LogP contribution in [0.2, 0.25) is 5.02 Å². The van der Waals surface area contributed by atoms with Crippen LogP contribution in [-0.4, -0.2) is 19.1 Å². The van der Waals surface area contributed by atoms with Gasteiger partial charge in [-0.25, -0.2) is 0 Å². The predicted octanol–water partition coefficient (Wildman–Crippen LogP) is 7.79. The summed E-state index contributed by atoms with van der Waals surface area (Å²) in [6.07, 6.45) is -2.87. The van der Waals surface area contributed by atoms with Gasteiger partial charge in [-0.05, 0) is 67.4 Å². The zero-order chi connectivity index (χ0) is 28.6. The number of amides is 1. The van der Waals surface area contributed by atoms with E-state index in [0.29, 0.717) is 35.3 Å². The number of anilines is 1. The van der Waals surface area contributed by atoms with E-state index in [4.69, 9.17) is 25.5 Å². The Morgan fingerprint density at radius 2 is 1.77 bits per heavy atom. The summed E-state index contributed by atoms with van der Waals surface area (Å²) in [5.74, 6) is -0.126. The van der Waals surface area contributed by atoms with E-state index in [2.05, 4.69) is 0 Å². The fourth-order valence-electron chi connectivity index (χ4n) is 4.77. The number of rotatable bonds is 8. The Kier molecular flexibility index (Phi) is 7.51. The van der Waals surface area contributed by atoms with E-state index in [-0.39, 0.29) is 28.0 Å². The van der Waals surface area contributed by atoms with Crippen LogP contribution in [0.4, 0.5) is 18.9 Å². The number of benzene rings is 3. The van der Waals surface area contributed by atoms with Crippen molar-refractivity contribution in [1.29, 1.82) is 0 Å². The van der Waals surface area contributed by atoms with Crippen LogP contribution in [0.25, 0.3) is 11.0 Å². The summed E-state index contributed by atoms with van der Waals surface area (Å²) in [6.45, 7) is 4.62. The minimum absolute atomic E-state index is 0.000668. The number of halogens is 4. The molecule has 4 aromatic rings. The summed E-state index contributed by atoms with van der Waals surface area (Å²) in [7, 11) is 0. The Labute approximate surface area is 232 Å². The summed E-state index contributed by atoms with van der Waals surface area (Å²) in [4.78, 5) is 28.8. The topological polar surface area (TPSA) is 69.0 Å². The maximum atomic E-state index is 13.8. The molecule has 0 N–H and O–H groups in total. The van der Waals surface area contributed by atoms with Crippen LogP contribution < -0.4 is 19.8 Å². The summed E-state index contributed by atoms with van der Waals surface area (Å²) in [6, 6.07) is 12.7. The lowest BCUT2D eigenvalue weighted by molar-refractivity contribution is -0.137. The lowest BCUT2D eigenvalue weighted by Crippen LogP contribution is -2.29. The molecule has 1 atom stereocenters. The monoisotopic (exact) mass is 571 g/mol. The fraction of sp³-hybridized carbons (Fsp3) is 0.267. The largest absolute Gasteiger partial charge is 0.490 e. The first-order valence-corrected chi connectivity index (χ1v) is 13.2. The molecule has 0 spiro atoms. The normalized spacial score (nSPS) is 15.0. The minimum Gasteiger partial charge on any atom is -0.490 e. The Morgan fingerprint density at radius 3 is 2.50 bits per heavy atom. The molecule has 1 unspecified atom stereocenters. The van der Waals surface area contributed by atoms with Crippen molar-refractivity contribution in [2.75, 3.05) is 18.1 Å². The van der Waals surface area contributed by atoms with E-state index in [1.165, 1.54) is 30.3 Å². The van der Waals surface area contributed by atoms with Gasteiger partial charge in [-0.3, -0.25) is 14.5 Å². The van der Waals surface area contributed by atoms with Crippen molar-refractivity contribution in [2.45, 2.75) is 38.9 Å². The van der Waals surface area contributed by atoms with Crippen LogP contribution in [0.3, 0.4) is 0 Å². The third-order valence-corrected chi connectivity index (χ3v) is 6.86. The van der Waals surface area contributed by atoms with E-state index < -0.39 is 29.1 Å². The minimum atomic E-state index is -4.64. The van der Waals surface area contributed by atoms with E-state index in [9.17, 15) is 22.8 Å². The Hall–Kier alpha value is -3.98. The Bertz CT molecular complexity index is 1650. The highest BCUT2D eigenvalue weighted by Gasteiger charge is 2.44. The van der Waals surface area contributed by atoms with Crippen molar-refractivity contribution in [1.82, 2.24) is 0 Å². The lowest BCUT2D eigenvalue weighted by atomic mass is 9.97. The molecule has 0 aliphatic carbocycles. The average Bonchev–Trinajstić information content (AvgIpc) is 3.22.